The summed E-state index contributed by atoms with van der Waals surface area (Å²) < 4.78 is 0. The van der Waals surface area contributed by atoms with Gasteiger partial charge in [0.1, 0.15) is 0 Å². The molecule has 1 atom stereocenters. The van der Waals surface area contributed by atoms with Crippen molar-refractivity contribution >= 4 is 22.7 Å². The molecule has 1 saturated heterocycles. The number of aromatic amines is 1. The monoisotopic (exact) mass is 390 g/mol. The number of likely N-dealkylation sites (tertiary alicyclic amines) is 1. The standard InChI is InChI=1S/C23H26N4O2/c1-3-20-15(2)19-9-16(6-7-21(19)26-20)12-25-23(29)18-10-22(28)27(14-18)13-17-5-4-8-24-11-17/h4-9,11,18,26H,3,10,12-14H2,1-2H3,(H,25,29)/t18-/m0/s1. The second-order valence-electron chi connectivity index (χ2n) is 7.72. The summed E-state index contributed by atoms with van der Waals surface area (Å²) in [5.41, 5.74) is 5.68. The number of hydrogen-bond acceptors (Lipinski definition) is 3. The van der Waals surface area contributed by atoms with Crippen LogP contribution in [0.1, 0.15) is 35.7 Å². The normalized spacial score (nSPS) is 16.6. The van der Waals surface area contributed by atoms with Crippen LogP contribution in [0.15, 0.2) is 42.7 Å². The van der Waals surface area contributed by atoms with Crippen molar-refractivity contribution in [1.82, 2.24) is 20.2 Å². The van der Waals surface area contributed by atoms with Crippen LogP contribution in [-0.4, -0.2) is 33.2 Å². The highest BCUT2D eigenvalue weighted by molar-refractivity contribution is 5.89. The quantitative estimate of drug-likeness (QED) is 0.679. The molecule has 2 N–H and O–H groups in total. The third-order valence-electron chi connectivity index (χ3n) is 5.73. The lowest BCUT2D eigenvalue weighted by Gasteiger charge is -2.16. The Bertz CT molecular complexity index is 1040. The molecule has 6 heteroatoms. The lowest BCUT2D eigenvalue weighted by molar-refractivity contribution is -0.129. The van der Waals surface area contributed by atoms with Crippen LogP contribution < -0.4 is 5.32 Å². The first-order chi connectivity index (χ1) is 14.0. The Morgan fingerprint density at radius 2 is 2.17 bits per heavy atom. The molecule has 6 nitrogen and oxygen atoms in total. The molecule has 4 rings (SSSR count). The Morgan fingerprint density at radius 1 is 1.31 bits per heavy atom. The number of nitrogens with one attached hydrogen (secondary N) is 2. The number of benzene rings is 1. The maximum atomic E-state index is 12.6. The van der Waals surface area contributed by atoms with Crippen LogP contribution in [0.4, 0.5) is 0 Å². The summed E-state index contributed by atoms with van der Waals surface area (Å²) in [7, 11) is 0. The Hall–Kier alpha value is -3.15. The van der Waals surface area contributed by atoms with E-state index in [2.05, 4.69) is 41.3 Å². The molecule has 1 fully saturated rings. The summed E-state index contributed by atoms with van der Waals surface area (Å²) in [5.74, 6) is -0.346. The van der Waals surface area contributed by atoms with Gasteiger partial charge in [0, 0.05) is 55.0 Å². The fourth-order valence-corrected chi connectivity index (χ4v) is 4.04. The number of pyridine rings is 1. The molecule has 1 aliphatic heterocycles. The molecule has 3 aromatic rings. The molecule has 0 saturated carbocycles. The van der Waals surface area contributed by atoms with E-state index in [9.17, 15) is 9.59 Å². The van der Waals surface area contributed by atoms with E-state index in [0.717, 1.165) is 23.1 Å². The number of nitrogens with zero attached hydrogens (tertiary/aromatic N) is 2. The van der Waals surface area contributed by atoms with E-state index >= 15 is 0 Å². The molecular weight excluding hydrogens is 364 g/mol. The van der Waals surface area contributed by atoms with Crippen LogP contribution in [0.25, 0.3) is 10.9 Å². The van der Waals surface area contributed by atoms with Gasteiger partial charge in [0.15, 0.2) is 0 Å². The van der Waals surface area contributed by atoms with Gasteiger partial charge in [0.05, 0.1) is 5.92 Å². The van der Waals surface area contributed by atoms with Crippen molar-refractivity contribution in [2.45, 2.75) is 39.8 Å². The number of aromatic nitrogens is 2. The van der Waals surface area contributed by atoms with Crippen molar-refractivity contribution < 1.29 is 9.59 Å². The van der Waals surface area contributed by atoms with Gasteiger partial charge in [-0.2, -0.15) is 0 Å². The lowest BCUT2D eigenvalue weighted by atomic mass is 10.1. The highest BCUT2D eigenvalue weighted by Gasteiger charge is 2.34. The number of H-pyrrole nitrogens is 1. The first-order valence-corrected chi connectivity index (χ1v) is 10.1. The van der Waals surface area contributed by atoms with Gasteiger partial charge in [-0.25, -0.2) is 0 Å². The van der Waals surface area contributed by atoms with E-state index in [1.165, 1.54) is 16.6 Å². The molecule has 150 valence electrons. The first-order valence-electron chi connectivity index (χ1n) is 10.1. The summed E-state index contributed by atoms with van der Waals surface area (Å²) in [6.07, 6.45) is 4.70. The number of rotatable bonds is 6. The number of fused-ring (bicyclic) bond motifs is 1. The van der Waals surface area contributed by atoms with Crippen molar-refractivity contribution in [3.05, 3.63) is 65.1 Å². The second kappa shape index (κ2) is 8.07. The lowest BCUT2D eigenvalue weighted by Crippen LogP contribution is -2.32. The van der Waals surface area contributed by atoms with Crippen molar-refractivity contribution in [1.29, 1.82) is 0 Å². The van der Waals surface area contributed by atoms with Crippen LogP contribution in [0.5, 0.6) is 0 Å². The Kier molecular flexibility index (Phi) is 5.34. The van der Waals surface area contributed by atoms with E-state index < -0.39 is 0 Å². The Labute approximate surface area is 170 Å². The van der Waals surface area contributed by atoms with Crippen LogP contribution in [0.3, 0.4) is 0 Å². The maximum Gasteiger partial charge on any atom is 0.225 e. The topological polar surface area (TPSA) is 78.1 Å². The number of amides is 2. The molecule has 1 aromatic carbocycles. The van der Waals surface area contributed by atoms with Crippen molar-refractivity contribution in [3.63, 3.8) is 0 Å². The third-order valence-corrected chi connectivity index (χ3v) is 5.73. The average molecular weight is 390 g/mol. The third kappa shape index (κ3) is 4.01. The zero-order valence-corrected chi connectivity index (χ0v) is 16.9. The summed E-state index contributed by atoms with van der Waals surface area (Å²) in [5, 5.41) is 4.21. The largest absolute Gasteiger partial charge is 0.358 e. The summed E-state index contributed by atoms with van der Waals surface area (Å²) >= 11 is 0. The molecular formula is C23H26N4O2. The summed E-state index contributed by atoms with van der Waals surface area (Å²) in [6, 6.07) is 10.0. The predicted molar refractivity (Wildman–Crippen MR) is 112 cm³/mol. The van der Waals surface area contributed by atoms with E-state index in [1.54, 1.807) is 17.3 Å². The molecule has 1 aliphatic rings. The van der Waals surface area contributed by atoms with E-state index in [1.807, 2.05) is 18.2 Å². The fourth-order valence-electron chi connectivity index (χ4n) is 4.04. The van der Waals surface area contributed by atoms with Crippen molar-refractivity contribution in [3.8, 4) is 0 Å². The van der Waals surface area contributed by atoms with Gasteiger partial charge < -0.3 is 15.2 Å². The van der Waals surface area contributed by atoms with Gasteiger partial charge in [-0.15, -0.1) is 0 Å². The molecule has 29 heavy (non-hydrogen) atoms. The minimum atomic E-state index is -0.302. The number of carbonyl (C=O) groups is 2. The smallest absolute Gasteiger partial charge is 0.225 e. The van der Waals surface area contributed by atoms with Gasteiger partial charge >= 0.3 is 0 Å². The second-order valence-corrected chi connectivity index (χ2v) is 7.72. The summed E-state index contributed by atoms with van der Waals surface area (Å²) in [4.78, 5) is 34.2. The zero-order valence-electron chi connectivity index (χ0n) is 16.9. The predicted octanol–water partition coefficient (Wildman–Crippen LogP) is 3.10. The molecule has 2 amide bonds. The van der Waals surface area contributed by atoms with Crippen LogP contribution in [0, 0.1) is 12.8 Å². The molecule has 3 heterocycles. The first kappa shape index (κ1) is 19.2. The van der Waals surface area contributed by atoms with Gasteiger partial charge in [0.25, 0.3) is 0 Å². The van der Waals surface area contributed by atoms with Gasteiger partial charge in [-0.3, -0.25) is 14.6 Å². The SMILES string of the molecule is CCc1[nH]c2ccc(CNC(=O)[C@H]3CC(=O)N(Cc4cccnc4)C3)cc2c1C. The van der Waals surface area contributed by atoms with E-state index in [4.69, 9.17) is 0 Å². The molecule has 0 unspecified atom stereocenters. The Morgan fingerprint density at radius 3 is 2.93 bits per heavy atom. The average Bonchev–Trinajstić information content (AvgIpc) is 3.26. The van der Waals surface area contributed by atoms with E-state index in [-0.39, 0.29) is 24.2 Å². The molecule has 2 aromatic heterocycles. The summed E-state index contributed by atoms with van der Waals surface area (Å²) in [6.45, 7) is 5.68. The highest BCUT2D eigenvalue weighted by atomic mass is 16.2. The molecule has 0 spiro atoms. The molecule has 0 radical (unpaired) electrons. The maximum absolute atomic E-state index is 12.6. The number of carbonyl (C=O) groups excluding carboxylic acids is 2. The van der Waals surface area contributed by atoms with Crippen molar-refractivity contribution in [2.75, 3.05) is 6.54 Å². The van der Waals surface area contributed by atoms with Crippen LogP contribution in [0.2, 0.25) is 0 Å². The fraction of sp³-hybridized carbons (Fsp3) is 0.348. The number of aryl methyl sites for hydroxylation is 2. The van der Waals surface area contributed by atoms with Crippen molar-refractivity contribution in [2.24, 2.45) is 5.92 Å². The minimum Gasteiger partial charge on any atom is -0.358 e. The van der Waals surface area contributed by atoms with Gasteiger partial charge in [0.2, 0.25) is 11.8 Å². The van der Waals surface area contributed by atoms with Gasteiger partial charge in [-0.05, 0) is 48.2 Å². The molecule has 0 aliphatic carbocycles. The number of hydrogen-bond donors (Lipinski definition) is 2. The van der Waals surface area contributed by atoms with Gasteiger partial charge in [-0.1, -0.05) is 19.1 Å². The Balaban J connectivity index is 1.37. The van der Waals surface area contributed by atoms with E-state index in [0.29, 0.717) is 19.6 Å². The minimum absolute atomic E-state index is 0.0189. The zero-order chi connectivity index (χ0) is 20.4. The van der Waals surface area contributed by atoms with Crippen LogP contribution in [-0.2, 0) is 29.1 Å². The highest BCUT2D eigenvalue weighted by Crippen LogP contribution is 2.24. The van der Waals surface area contributed by atoms with Crippen LogP contribution >= 0.6 is 0 Å². The molecule has 0 bridgehead atoms.